The molecule has 0 aliphatic rings. The van der Waals surface area contributed by atoms with Crippen molar-refractivity contribution in [2.45, 2.75) is 34.6 Å². The maximum Gasteiger partial charge on any atom is 0.167 e. The quantitative estimate of drug-likeness (QED) is 0.133. The first-order valence-electron chi connectivity index (χ1n) is 41.7. The van der Waals surface area contributed by atoms with Gasteiger partial charge in [-0.2, -0.15) is 0 Å². The lowest BCUT2D eigenvalue weighted by atomic mass is 10.0. The van der Waals surface area contributed by atoms with E-state index in [0.717, 1.165) is 161 Å². The number of benzene rings is 16. The smallest absolute Gasteiger partial charge is 0.167 e. The van der Waals surface area contributed by atoms with Crippen molar-refractivity contribution < 1.29 is 8.83 Å². The van der Waals surface area contributed by atoms with Gasteiger partial charge in [-0.25, -0.2) is 59.8 Å². The Bertz CT molecular complexity index is 8180. The summed E-state index contributed by atoms with van der Waals surface area (Å²) in [6.45, 7) is 9.80. The van der Waals surface area contributed by atoms with E-state index in [4.69, 9.17) is 33.8 Å². The molecule has 15 heteroatoms. The molecule has 0 unspecified atom stereocenters. The Kier molecular flexibility index (Phi) is 21.5. The molecule has 24 aromatic rings. The van der Waals surface area contributed by atoms with Gasteiger partial charge in [0, 0.05) is 96.8 Å². The van der Waals surface area contributed by atoms with Gasteiger partial charge in [0.25, 0.3) is 0 Å². The molecule has 8 aromatic heterocycles. The number of nitrogens with zero attached hydrogens (tertiary/aromatic N) is 12. The largest absolute Gasteiger partial charge is 0.456 e. The van der Waals surface area contributed by atoms with E-state index in [1.54, 1.807) is 0 Å². The van der Waals surface area contributed by atoms with Gasteiger partial charge in [0.15, 0.2) is 29.1 Å². The highest BCUT2D eigenvalue weighted by atomic mass is 32.1. The molecule has 0 aliphatic carbocycles. The third kappa shape index (κ3) is 16.2. The molecular weight excluding hydrogens is 1570 g/mol. The fourth-order valence-corrected chi connectivity index (χ4v) is 17.3. The molecule has 0 spiro atoms. The maximum atomic E-state index is 6.25. The molecule has 0 N–H and O–H groups in total. The van der Waals surface area contributed by atoms with Crippen LogP contribution in [0.1, 0.15) is 28.9 Å². The normalized spacial score (nSPS) is 11.2. The highest BCUT2D eigenvalue weighted by molar-refractivity contribution is 7.25. The van der Waals surface area contributed by atoms with Crippen molar-refractivity contribution in [3.8, 4) is 102 Å². The second-order valence-corrected chi connectivity index (χ2v) is 31.8. The monoisotopic (exact) mass is 1640 g/mol. The Morgan fingerprint density at radius 2 is 0.603 bits per heavy atom. The van der Waals surface area contributed by atoms with Gasteiger partial charge in [-0.05, 0) is 129 Å². The number of aryl methyl sites for hydroxylation is 5. The Balaban J connectivity index is 0.000000100. The van der Waals surface area contributed by atoms with Crippen molar-refractivity contribution in [1.82, 2.24) is 59.8 Å². The van der Waals surface area contributed by atoms with Crippen LogP contribution in [0.3, 0.4) is 0 Å². The summed E-state index contributed by atoms with van der Waals surface area (Å²) in [5, 5.41) is 12.6. The van der Waals surface area contributed by atoms with Gasteiger partial charge in [-0.1, -0.05) is 315 Å². The van der Waals surface area contributed by atoms with Gasteiger partial charge < -0.3 is 8.83 Å². The predicted molar refractivity (Wildman–Crippen MR) is 516 cm³/mol. The number of aromatic nitrogens is 12. The van der Waals surface area contributed by atoms with Gasteiger partial charge in [0.1, 0.15) is 45.6 Å². The van der Waals surface area contributed by atoms with E-state index in [1.165, 1.54) is 42.1 Å². The van der Waals surface area contributed by atoms with Gasteiger partial charge in [0.05, 0.1) is 39.2 Å². The van der Waals surface area contributed by atoms with Crippen molar-refractivity contribution in [2.75, 3.05) is 0 Å². The lowest BCUT2D eigenvalue weighted by Crippen LogP contribution is -2.00. The number of furan rings is 2. The molecule has 14 nitrogen and oxygen atoms in total. The lowest BCUT2D eigenvalue weighted by Gasteiger charge is -2.09. The molecule has 0 aliphatic heterocycles. The summed E-state index contributed by atoms with van der Waals surface area (Å²) in [5.74, 6) is 6.32. The van der Waals surface area contributed by atoms with Crippen LogP contribution in [-0.2, 0) is 0 Å². The van der Waals surface area contributed by atoms with Gasteiger partial charge >= 0.3 is 0 Å². The summed E-state index contributed by atoms with van der Waals surface area (Å²) in [6.07, 6.45) is 0. The van der Waals surface area contributed by atoms with Gasteiger partial charge in [0.2, 0.25) is 0 Å². The first kappa shape index (κ1) is 78.2. The van der Waals surface area contributed by atoms with E-state index in [9.17, 15) is 0 Å². The van der Waals surface area contributed by atoms with Crippen molar-refractivity contribution >= 4 is 119 Å². The SMILES string of the molecule is Cc1cccc(-c2nc(-c3ccccc3)nc(-c3cccc4c3oc3ccccc34)n2)c1.Cc1nc(-c2ccc(-c3ccccc3)cc2)c2ccccc2n1.Cc1nc(-c2ccc3ccccc3c2)c2ccccc2n1.Cc1nc(-c2ccc3sc4ccccc4c3c2)c2ccccc2n1.Cc1nc(-c2ccccc2)nc(-c2cccc3oc4ccccc4c23)n1. The molecular formula is C111H78N12O2S. The van der Waals surface area contributed by atoms with Crippen LogP contribution in [0.15, 0.2) is 391 Å². The van der Waals surface area contributed by atoms with Crippen LogP contribution < -0.4 is 0 Å². The van der Waals surface area contributed by atoms with Crippen LogP contribution in [0.2, 0.25) is 0 Å². The molecule has 8 heterocycles. The van der Waals surface area contributed by atoms with Gasteiger partial charge in [-0.3, -0.25) is 0 Å². The molecule has 0 amide bonds. The van der Waals surface area contributed by atoms with E-state index >= 15 is 0 Å². The highest BCUT2D eigenvalue weighted by Crippen LogP contribution is 2.41. The van der Waals surface area contributed by atoms with Crippen LogP contribution >= 0.6 is 11.3 Å². The Labute approximate surface area is 730 Å². The zero-order valence-electron chi connectivity index (χ0n) is 69.5. The van der Waals surface area contributed by atoms with Gasteiger partial charge in [-0.15, -0.1) is 11.3 Å². The zero-order chi connectivity index (χ0) is 85.0. The van der Waals surface area contributed by atoms with E-state index < -0.39 is 0 Å². The number of hydrogen-bond donors (Lipinski definition) is 0. The predicted octanol–water partition coefficient (Wildman–Crippen LogP) is 28.5. The minimum Gasteiger partial charge on any atom is -0.456 e. The lowest BCUT2D eigenvalue weighted by molar-refractivity contribution is 0.669. The molecule has 0 fully saturated rings. The van der Waals surface area contributed by atoms with Crippen molar-refractivity contribution in [3.05, 3.63) is 411 Å². The first-order valence-corrected chi connectivity index (χ1v) is 42.5. The Hall–Kier alpha value is -16.4. The molecule has 126 heavy (non-hydrogen) atoms. The van der Waals surface area contributed by atoms with Crippen molar-refractivity contribution in [2.24, 2.45) is 0 Å². The molecule has 600 valence electrons. The minimum absolute atomic E-state index is 0.597. The van der Waals surface area contributed by atoms with E-state index in [0.29, 0.717) is 34.9 Å². The second kappa shape index (κ2) is 34.6. The fourth-order valence-electron chi connectivity index (χ4n) is 16.2. The number of rotatable bonds is 9. The summed E-state index contributed by atoms with van der Waals surface area (Å²) < 4.78 is 14.9. The van der Waals surface area contributed by atoms with Crippen LogP contribution in [-0.4, -0.2) is 59.8 Å². The summed E-state index contributed by atoms with van der Waals surface area (Å²) in [4.78, 5) is 56.1. The average molecular weight is 1640 g/mol. The third-order valence-corrected chi connectivity index (χ3v) is 23.2. The number of thiophene rings is 1. The van der Waals surface area contributed by atoms with Crippen LogP contribution in [0, 0.1) is 34.6 Å². The molecule has 0 saturated heterocycles. The third-order valence-electron chi connectivity index (χ3n) is 22.1. The molecule has 0 atom stereocenters. The average Bonchev–Trinajstić information content (AvgIpc) is 1.59. The van der Waals surface area contributed by atoms with Crippen LogP contribution in [0.4, 0.5) is 0 Å². The summed E-state index contributed by atoms with van der Waals surface area (Å²) in [7, 11) is 0. The van der Waals surface area contributed by atoms with E-state index in [-0.39, 0.29) is 0 Å². The van der Waals surface area contributed by atoms with E-state index in [2.05, 4.69) is 224 Å². The topological polar surface area (TPSA) is 181 Å². The maximum absolute atomic E-state index is 6.25. The Morgan fingerprint density at radius 3 is 1.23 bits per heavy atom. The fraction of sp³-hybridized carbons (Fsp3) is 0.0450. The summed E-state index contributed by atoms with van der Waals surface area (Å²) >= 11 is 1.84. The molecule has 0 saturated carbocycles. The van der Waals surface area contributed by atoms with Crippen molar-refractivity contribution in [1.29, 1.82) is 0 Å². The van der Waals surface area contributed by atoms with Crippen molar-refractivity contribution in [3.63, 3.8) is 0 Å². The molecule has 0 bridgehead atoms. The van der Waals surface area contributed by atoms with E-state index in [1.807, 2.05) is 239 Å². The van der Waals surface area contributed by atoms with Crippen LogP contribution in [0.5, 0.6) is 0 Å². The standard InChI is InChI=1S/C28H19N3O.C22H15N3O.C21H14N2S.C21H16N2.C19H14N2/c1-18-9-7-12-20(17-18)27-29-26(19-10-3-2-4-11-19)30-28(31-27)23-15-8-14-22-21-13-5-6-16-24(21)32-25(22)23;1-14-23-21(15-8-3-2-4-9-15)25-22(24-14)17-11-7-13-19-20(17)16-10-5-6-12-18(16)26-19;1-13-22-18-8-4-2-7-16(18)21(23-13)14-10-11-20-17(12-14)15-6-3-5-9-19(15)24-20;1-15-22-20-10-6-5-9-19(20)21(23-15)18-13-11-17(12-14-18)16-7-3-2-4-8-16;1-13-20-18-9-5-4-8-17(18)19(21-13)16-11-10-14-6-2-3-7-15(14)12-16/h2-17H,1H3;2-13H,1H3;2-12H,1H3;2-14H,1H3;2-12H,1H3. The minimum atomic E-state index is 0.597. The molecule has 24 rings (SSSR count). The highest BCUT2D eigenvalue weighted by Gasteiger charge is 2.21. The van der Waals surface area contributed by atoms with Crippen LogP contribution in [0.25, 0.3) is 209 Å². The number of para-hydroxylation sites is 6. The number of fused-ring (bicyclic) bond motifs is 13. The molecule has 16 aromatic carbocycles. The summed E-state index contributed by atoms with van der Waals surface area (Å²) in [6, 6.07) is 130. The first-order chi connectivity index (χ1) is 62.0. The number of hydrogen-bond acceptors (Lipinski definition) is 15. The second-order valence-electron chi connectivity index (χ2n) is 30.7. The summed E-state index contributed by atoms with van der Waals surface area (Å²) in [5.41, 5.74) is 21.0. The molecule has 0 radical (unpaired) electrons. The zero-order valence-corrected chi connectivity index (χ0v) is 70.3. The Morgan fingerprint density at radius 1 is 0.206 bits per heavy atom.